The van der Waals surface area contributed by atoms with Crippen molar-refractivity contribution in [1.29, 1.82) is 10.8 Å². The van der Waals surface area contributed by atoms with Crippen LogP contribution in [0.2, 0.25) is 0 Å². The van der Waals surface area contributed by atoms with Gasteiger partial charge in [-0.25, -0.2) is 0 Å². The number of guanidine groups is 2. The lowest BCUT2D eigenvalue weighted by atomic mass is 9.98. The number of amides is 16. The zero-order valence-electron chi connectivity index (χ0n) is 80.2. The molecule has 758 valence electrons. The number of likely N-dealkylation sites (N-methyl/N-ethyl adjacent to an activating group) is 1. The van der Waals surface area contributed by atoms with Crippen LogP contribution in [0.3, 0.4) is 0 Å². The molecule has 44 heteroatoms. The summed E-state index contributed by atoms with van der Waals surface area (Å²) in [6.45, 7) is 14.9. The molecule has 1 aromatic heterocycles. The maximum Gasteiger partial charge on any atom is 0.305 e. The minimum Gasteiger partial charge on any atom is -0.508 e. The van der Waals surface area contributed by atoms with Crippen LogP contribution in [-0.2, 0) is 107 Å². The Morgan fingerprint density at radius 3 is 1.41 bits per heavy atom. The first-order valence-corrected chi connectivity index (χ1v) is 47.4. The Morgan fingerprint density at radius 2 is 0.886 bits per heavy atom. The second-order valence-electron chi connectivity index (χ2n) is 35.6. The number of aliphatic carboxylic acids is 1. The van der Waals surface area contributed by atoms with Gasteiger partial charge in [0, 0.05) is 68.7 Å². The molecule has 0 bridgehead atoms. The van der Waals surface area contributed by atoms with Crippen LogP contribution in [0, 0.1) is 28.6 Å². The summed E-state index contributed by atoms with van der Waals surface area (Å²) in [5.74, 6) is -22.1. The predicted octanol–water partition coefficient (Wildman–Crippen LogP) is -1.15. The highest BCUT2D eigenvalue weighted by Gasteiger charge is 2.42. The number of carboxylic acid groups (broad SMARTS) is 1. The quantitative estimate of drug-likeness (QED) is 0.0157. The molecule has 1 fully saturated rings. The third kappa shape index (κ3) is 35.7. The lowest BCUT2D eigenvalue weighted by Gasteiger charge is -2.32. The average molecular weight is 1960 g/mol. The van der Waals surface area contributed by atoms with Crippen molar-refractivity contribution in [2.75, 3.05) is 31.6 Å². The summed E-state index contributed by atoms with van der Waals surface area (Å²) in [7, 11) is 1.26. The molecule has 140 heavy (non-hydrogen) atoms. The number of primary amides is 1. The Bertz CT molecular complexity index is 5320. The van der Waals surface area contributed by atoms with Crippen molar-refractivity contribution in [2.24, 2.45) is 35.0 Å². The second-order valence-corrected chi connectivity index (χ2v) is 36.7. The van der Waals surface area contributed by atoms with Gasteiger partial charge in [0.15, 0.2) is 11.9 Å². The van der Waals surface area contributed by atoms with Crippen LogP contribution in [0.25, 0.3) is 22.0 Å². The molecule has 7 rings (SSSR count). The highest BCUT2D eigenvalue weighted by Crippen LogP contribution is 2.24. The lowest BCUT2D eigenvalue weighted by molar-refractivity contribution is -0.143. The molecule has 1 saturated heterocycles. The molecular weight excluding hydrogens is 1830 g/mol. The fraction of sp³-hybridized carbons (Fsp3) is 0.469. The van der Waals surface area contributed by atoms with E-state index in [0.717, 1.165) is 23.0 Å². The van der Waals surface area contributed by atoms with Crippen LogP contribution < -0.4 is 102 Å². The molecule has 0 spiro atoms. The molecule has 16 atom stereocenters. The number of nitrogens with zero attached hydrogens (tertiary/aromatic N) is 1. The summed E-state index contributed by atoms with van der Waals surface area (Å²) in [5.41, 5.74) is 20.6. The van der Waals surface area contributed by atoms with Gasteiger partial charge in [0.1, 0.15) is 96.4 Å². The summed E-state index contributed by atoms with van der Waals surface area (Å²) < 4.78 is 0. The van der Waals surface area contributed by atoms with Gasteiger partial charge in [-0.05, 0) is 129 Å². The first kappa shape index (κ1) is 112. The van der Waals surface area contributed by atoms with E-state index in [0.29, 0.717) is 39.4 Å². The molecule has 0 radical (unpaired) electrons. The Kier molecular flexibility index (Phi) is 44.1. The lowest BCUT2D eigenvalue weighted by Crippen LogP contribution is -2.62. The van der Waals surface area contributed by atoms with Gasteiger partial charge in [-0.1, -0.05) is 164 Å². The Balaban J connectivity index is 1.34. The van der Waals surface area contributed by atoms with Crippen molar-refractivity contribution in [3.63, 3.8) is 0 Å². The Labute approximate surface area is 815 Å². The highest BCUT2D eigenvalue weighted by molar-refractivity contribution is 8.00. The summed E-state index contributed by atoms with van der Waals surface area (Å²) >= 11 is 0.706. The molecule has 43 nitrogen and oxygen atoms in total. The van der Waals surface area contributed by atoms with Gasteiger partial charge in [-0.3, -0.25) is 92.3 Å². The number of carbonyl (C=O) groups excluding carboxylic acids is 16. The van der Waals surface area contributed by atoms with Crippen molar-refractivity contribution < 1.29 is 96.8 Å². The van der Waals surface area contributed by atoms with Gasteiger partial charge >= 0.3 is 5.97 Å². The maximum absolute atomic E-state index is 15.5. The first-order valence-electron chi connectivity index (χ1n) is 46.3. The number of hydrogen-bond donors (Lipinski definition) is 25. The van der Waals surface area contributed by atoms with Gasteiger partial charge in [0.05, 0.1) is 18.3 Å². The molecule has 0 aliphatic carbocycles. The van der Waals surface area contributed by atoms with Gasteiger partial charge in [0.2, 0.25) is 94.5 Å². The smallest absolute Gasteiger partial charge is 0.305 e. The number of fused-ring (bicyclic) bond motifs is 1. The topological polar surface area (TPSA) is 688 Å². The normalized spacial score (nSPS) is 23.1. The van der Waals surface area contributed by atoms with Crippen molar-refractivity contribution in [2.45, 2.75) is 237 Å². The molecule has 1 aliphatic rings. The van der Waals surface area contributed by atoms with E-state index in [1.165, 1.54) is 65.9 Å². The van der Waals surface area contributed by atoms with Gasteiger partial charge in [-0.2, -0.15) is 0 Å². The molecule has 0 saturated carbocycles. The second kappa shape index (κ2) is 55.0. The predicted molar refractivity (Wildman–Crippen MR) is 523 cm³/mol. The number of nitrogens with two attached hydrogens (primary N) is 3. The maximum atomic E-state index is 15.5. The van der Waals surface area contributed by atoms with Gasteiger partial charge < -0.3 is 127 Å². The van der Waals surface area contributed by atoms with E-state index >= 15 is 33.6 Å². The number of thioether (sulfide) groups is 1. The number of carboxylic acids is 1. The zero-order chi connectivity index (χ0) is 103. The fourth-order valence-corrected chi connectivity index (χ4v) is 16.0. The molecular formula is C96H133N23O20S. The number of H-pyrrole nitrogens is 1. The number of phenolic OH excluding ortho intramolecular Hbond substituents is 1. The molecule has 1 aliphatic heterocycles. The molecule has 0 unspecified atom stereocenters. The average Bonchev–Trinajstić information content (AvgIpc) is 1.63. The number of rotatable bonds is 28. The number of benzene rings is 5. The van der Waals surface area contributed by atoms with Crippen molar-refractivity contribution in [3.8, 4) is 16.9 Å². The molecule has 2 heterocycles. The number of aliphatic hydroxyl groups is 1. The summed E-state index contributed by atoms with van der Waals surface area (Å²) in [6, 6.07) is 12.4. The van der Waals surface area contributed by atoms with E-state index in [4.69, 9.17) is 28.0 Å². The Hall–Kier alpha value is -14.7. The van der Waals surface area contributed by atoms with E-state index < -0.39 is 245 Å². The van der Waals surface area contributed by atoms with E-state index in [9.17, 15) is 63.3 Å². The van der Waals surface area contributed by atoms with E-state index in [-0.39, 0.29) is 88.1 Å². The van der Waals surface area contributed by atoms with Crippen LogP contribution in [0.4, 0.5) is 0 Å². The van der Waals surface area contributed by atoms with Crippen LogP contribution in [0.1, 0.15) is 136 Å². The van der Waals surface area contributed by atoms with E-state index in [1.54, 1.807) is 113 Å². The molecule has 6 aromatic rings. The fourth-order valence-electron chi connectivity index (χ4n) is 15.2. The largest absolute Gasteiger partial charge is 0.508 e. The summed E-state index contributed by atoms with van der Waals surface area (Å²) in [4.78, 5) is 253. The SMILES string of the molecule is CC[C@@H]1NC(=O)[C@H](CCCNC(=N)N)NC(=O)[C@@H](CC(C)C)NC(=O)[C@H](C)N(C)C(=O)[C@H](CCCNC(=N)N)NC(=O)[C@H](Cc2ccc(-c3ccccc3)cc2)NC(=O)[C@H](C(C)C)NC(=O)[C@H](Cc2c[nH]c3ccccc23)NC(=O)[C@H](CC(=O)O)NC(=O)[C@H](Cc2ccc(O)cc2)NC(=O)[C@H](Cc2ccccc2)NC(=O)CSC[C@@H](C(=O)N[C@@H](C)C(N)=O)NC(=O)[C@H]([C@@H](C)O)NC(=O)[C@H](C(C)C)NC1=O. The summed E-state index contributed by atoms with van der Waals surface area (Å²) in [5, 5.41) is 90.1. The van der Waals surface area contributed by atoms with Crippen LogP contribution in [0.15, 0.2) is 140 Å². The monoisotopic (exact) mass is 1960 g/mol. The van der Waals surface area contributed by atoms with E-state index in [1.807, 2.05) is 30.3 Å². The molecule has 5 aromatic carbocycles. The Morgan fingerprint density at radius 1 is 0.471 bits per heavy atom. The first-order chi connectivity index (χ1) is 66.3. The van der Waals surface area contributed by atoms with E-state index in [2.05, 4.69) is 90.1 Å². The molecule has 28 N–H and O–H groups in total. The van der Waals surface area contributed by atoms with Crippen molar-refractivity contribution in [3.05, 3.63) is 162 Å². The van der Waals surface area contributed by atoms with Crippen LogP contribution in [0.5, 0.6) is 5.75 Å². The number of para-hydroxylation sites is 1. The molecule has 16 amide bonds. The van der Waals surface area contributed by atoms with Crippen LogP contribution in [-0.4, -0.2) is 266 Å². The number of aliphatic hydroxyl groups excluding tert-OH is 1. The van der Waals surface area contributed by atoms with Crippen molar-refractivity contribution in [1.82, 2.24) is 95.0 Å². The number of aromatic nitrogens is 1. The summed E-state index contributed by atoms with van der Waals surface area (Å²) in [6.07, 6.45) is -3.23. The number of nitrogens with one attached hydrogen (secondary N) is 19. The number of aromatic hydroxyl groups is 1. The number of phenols is 1. The minimum atomic E-state index is -2.08. The van der Waals surface area contributed by atoms with Gasteiger partial charge in [0.25, 0.3) is 0 Å². The number of aromatic amines is 1. The number of carbonyl (C=O) groups is 17. The highest BCUT2D eigenvalue weighted by atomic mass is 32.2. The number of hydrogen-bond acceptors (Lipinski definition) is 22. The van der Waals surface area contributed by atoms with Crippen LogP contribution >= 0.6 is 11.8 Å². The van der Waals surface area contributed by atoms with Gasteiger partial charge in [-0.15, -0.1) is 11.8 Å². The third-order valence-electron chi connectivity index (χ3n) is 23.2. The standard InChI is InChI=1S/C96H133N23O20S/c1-12-64-82(127)116-78(52(6)7)92(137)118-79(55(10)120)93(138)115-74(90(135)105-53(8)80(97)125)48-140-49-75(122)106-69(42-56-23-15-13-16-24-56)85(130)111-70(44-58-33-37-62(121)38-34-58)87(132)113-73(46-76(123)124)88(133)112-72(45-61-47-104-65-28-20-19-27-63(61)65)89(134)117-77(51(4)5)91(136)114-71(43-57-31-35-60(36-32-57)59-25-17-14-18-26-59)86(131)109-67(30-22-40-103-96(100)101)94(139)119(11)54(9)81(126)110-68(41-50(2)3)84(129)108-66(83(128)107-64)29-21-39-102-95(98)99/h13-20,23-28,31-38,47,50-55,64,66-74,77-79,104,120-121H,12,21-22,29-30,39-46,48-49H2,1-11H3,(H2,97,125)(H,105,135)(H,106,122)(H,107,128)(H,108,129)(H,109,131)(H,110,126)(H,111,130)(H,112,133)(H,113,132)(H,114,136)(H,115,138)(H,116,127)(H,117,134)(H,118,137)(H,123,124)(H4,98,99,102)(H4,100,101,103)/t53-,54-,55+,64-,66-,67-,68+,69-,70-,71-,72-,73-,74-,77-,78-,79-/m0/s1. The zero-order valence-corrected chi connectivity index (χ0v) is 81.0. The van der Waals surface area contributed by atoms with Crippen molar-refractivity contribution >= 4 is 135 Å². The minimum absolute atomic E-state index is 0.00701. The third-order valence-corrected chi connectivity index (χ3v) is 24.3.